The molecule has 108 valence electrons. The van der Waals surface area contributed by atoms with E-state index >= 15 is 0 Å². The Bertz CT molecular complexity index is 1080. The molecule has 2 N–H and O–H groups in total. The molecular formula is C15H10ClN5O. The highest BCUT2D eigenvalue weighted by Crippen LogP contribution is 2.23. The van der Waals surface area contributed by atoms with Gasteiger partial charge in [-0.1, -0.05) is 11.6 Å². The van der Waals surface area contributed by atoms with Crippen LogP contribution in [0.15, 0.2) is 53.7 Å². The Hall–Kier alpha value is -2.86. The topological polar surface area (TPSA) is 78.2 Å². The quantitative estimate of drug-likeness (QED) is 0.585. The van der Waals surface area contributed by atoms with Gasteiger partial charge < -0.3 is 10.1 Å². The first-order chi connectivity index (χ1) is 10.6. The first-order valence-corrected chi connectivity index (χ1v) is 6.92. The molecule has 0 aliphatic carbocycles. The molecule has 0 atom stereocenters. The third-order valence-corrected chi connectivity index (χ3v) is 3.75. The van der Waals surface area contributed by atoms with E-state index in [0.29, 0.717) is 21.6 Å². The molecule has 4 aromatic rings. The summed E-state index contributed by atoms with van der Waals surface area (Å²) < 4.78 is 3.31. The number of nitrogens with zero attached hydrogens (tertiary/aromatic N) is 4. The Morgan fingerprint density at radius 1 is 1.18 bits per heavy atom. The maximum Gasteiger partial charge on any atom is 0.354 e. The number of nitrogen functional groups attached to an aromatic ring is 1. The Morgan fingerprint density at radius 3 is 2.91 bits per heavy atom. The normalized spacial score (nSPS) is 11.3. The van der Waals surface area contributed by atoms with Gasteiger partial charge in [0.05, 0.1) is 11.2 Å². The van der Waals surface area contributed by atoms with E-state index in [4.69, 9.17) is 17.3 Å². The van der Waals surface area contributed by atoms with E-state index in [9.17, 15) is 4.79 Å². The first kappa shape index (κ1) is 12.8. The Kier molecular flexibility index (Phi) is 2.67. The second-order valence-electron chi connectivity index (χ2n) is 4.86. The summed E-state index contributed by atoms with van der Waals surface area (Å²) in [5.41, 5.74) is 7.46. The van der Waals surface area contributed by atoms with Gasteiger partial charge in [-0.3, -0.25) is 4.57 Å². The molecule has 6 nitrogen and oxygen atoms in total. The highest BCUT2D eigenvalue weighted by molar-refractivity contribution is 6.31. The van der Waals surface area contributed by atoms with Crippen LogP contribution < -0.4 is 11.4 Å². The maximum atomic E-state index is 12.3. The molecule has 0 spiro atoms. The number of nitrogens with two attached hydrogens (primary N) is 1. The van der Waals surface area contributed by atoms with Crippen molar-refractivity contribution in [2.75, 3.05) is 5.73 Å². The number of aromatic nitrogens is 4. The van der Waals surface area contributed by atoms with Gasteiger partial charge in [0.2, 0.25) is 0 Å². The van der Waals surface area contributed by atoms with Crippen LogP contribution in [-0.2, 0) is 0 Å². The van der Waals surface area contributed by atoms with Crippen molar-refractivity contribution in [3.05, 3.63) is 64.4 Å². The molecule has 0 aliphatic rings. The van der Waals surface area contributed by atoms with Crippen LogP contribution in [0.2, 0.25) is 5.02 Å². The van der Waals surface area contributed by atoms with Crippen LogP contribution in [0.4, 0.5) is 5.82 Å². The third kappa shape index (κ3) is 1.85. The lowest BCUT2D eigenvalue weighted by Gasteiger charge is -2.11. The van der Waals surface area contributed by atoms with Crippen molar-refractivity contribution < 1.29 is 0 Å². The minimum atomic E-state index is -0.452. The van der Waals surface area contributed by atoms with E-state index in [1.165, 1.54) is 4.57 Å². The number of imidazole rings is 1. The third-order valence-electron chi connectivity index (χ3n) is 3.52. The number of benzene rings is 1. The number of pyridine rings is 1. The smallest absolute Gasteiger partial charge is 0.354 e. The summed E-state index contributed by atoms with van der Waals surface area (Å²) in [5, 5.41) is 1.20. The van der Waals surface area contributed by atoms with Gasteiger partial charge in [0.1, 0.15) is 11.5 Å². The summed E-state index contributed by atoms with van der Waals surface area (Å²) >= 11 is 6.07. The zero-order chi connectivity index (χ0) is 15.3. The molecule has 0 fully saturated rings. The molecule has 3 aromatic heterocycles. The van der Waals surface area contributed by atoms with Crippen LogP contribution in [0.1, 0.15) is 0 Å². The monoisotopic (exact) mass is 311 g/mol. The molecule has 3 heterocycles. The Labute approximate surface area is 129 Å². The average Bonchev–Trinajstić information content (AvgIpc) is 2.94. The van der Waals surface area contributed by atoms with Crippen LogP contribution in [0.25, 0.3) is 22.2 Å². The summed E-state index contributed by atoms with van der Waals surface area (Å²) in [5.74, 6) is 0.191. The molecule has 1 aromatic carbocycles. The molecule has 22 heavy (non-hydrogen) atoms. The number of hydrogen-bond acceptors (Lipinski definition) is 4. The minimum absolute atomic E-state index is 0.191. The van der Waals surface area contributed by atoms with E-state index in [2.05, 4.69) is 9.97 Å². The Balaban J connectivity index is 2.13. The highest BCUT2D eigenvalue weighted by atomic mass is 35.5. The number of fused-ring (bicyclic) bond motifs is 2. The summed E-state index contributed by atoms with van der Waals surface area (Å²) in [6.07, 6.45) is 5.31. The number of halogens is 1. The van der Waals surface area contributed by atoms with E-state index in [1.54, 1.807) is 24.4 Å². The predicted molar refractivity (Wildman–Crippen MR) is 85.5 cm³/mol. The SMILES string of the molecule is Nc1nc(=O)n(-c2ccc3nccn3c2)c2cc(Cl)ccc12. The standard InChI is InChI=1S/C15H10ClN5O/c16-9-1-3-11-12(7-9)21(15(22)19-14(11)17)10-2-4-13-18-5-6-20(13)8-10/h1-8H,(H2,17,19,22). The van der Waals surface area contributed by atoms with Gasteiger partial charge in [-0.05, 0) is 30.3 Å². The first-order valence-electron chi connectivity index (χ1n) is 6.54. The molecule has 0 aliphatic heterocycles. The van der Waals surface area contributed by atoms with E-state index in [1.807, 2.05) is 28.9 Å². The molecule has 0 unspecified atom stereocenters. The van der Waals surface area contributed by atoms with Gasteiger partial charge in [0, 0.05) is 29.0 Å². The van der Waals surface area contributed by atoms with Gasteiger partial charge in [0.25, 0.3) is 0 Å². The fourth-order valence-electron chi connectivity index (χ4n) is 2.51. The van der Waals surface area contributed by atoms with E-state index < -0.39 is 5.69 Å². The Morgan fingerprint density at radius 2 is 2.05 bits per heavy atom. The van der Waals surface area contributed by atoms with Crippen molar-refractivity contribution in [2.45, 2.75) is 0 Å². The van der Waals surface area contributed by atoms with E-state index in [0.717, 1.165) is 5.65 Å². The zero-order valence-corrected chi connectivity index (χ0v) is 12.0. The van der Waals surface area contributed by atoms with Crippen molar-refractivity contribution in [1.82, 2.24) is 18.9 Å². The molecule has 7 heteroatoms. The molecule has 0 radical (unpaired) electrons. The van der Waals surface area contributed by atoms with Gasteiger partial charge in [-0.25, -0.2) is 9.78 Å². The van der Waals surface area contributed by atoms with Crippen LogP contribution in [-0.4, -0.2) is 18.9 Å². The number of hydrogen-bond donors (Lipinski definition) is 1. The lowest BCUT2D eigenvalue weighted by molar-refractivity contribution is 0.950. The van der Waals surface area contributed by atoms with Gasteiger partial charge >= 0.3 is 5.69 Å². The average molecular weight is 312 g/mol. The minimum Gasteiger partial charge on any atom is -0.383 e. The fraction of sp³-hybridized carbons (Fsp3) is 0. The predicted octanol–water partition coefficient (Wildman–Crippen LogP) is 2.27. The lowest BCUT2D eigenvalue weighted by atomic mass is 10.2. The van der Waals surface area contributed by atoms with Crippen LogP contribution in [0.3, 0.4) is 0 Å². The van der Waals surface area contributed by atoms with Crippen molar-refractivity contribution in [3.8, 4) is 5.69 Å². The second-order valence-corrected chi connectivity index (χ2v) is 5.29. The lowest BCUT2D eigenvalue weighted by Crippen LogP contribution is -2.23. The van der Waals surface area contributed by atoms with Gasteiger partial charge in [-0.2, -0.15) is 4.98 Å². The van der Waals surface area contributed by atoms with Gasteiger partial charge in [0.15, 0.2) is 0 Å². The molecule has 4 rings (SSSR count). The van der Waals surface area contributed by atoms with Crippen molar-refractivity contribution in [1.29, 1.82) is 0 Å². The van der Waals surface area contributed by atoms with E-state index in [-0.39, 0.29) is 5.82 Å². The number of anilines is 1. The fourth-order valence-corrected chi connectivity index (χ4v) is 2.68. The molecular weight excluding hydrogens is 302 g/mol. The van der Waals surface area contributed by atoms with Crippen LogP contribution in [0, 0.1) is 0 Å². The second kappa shape index (κ2) is 4.57. The summed E-state index contributed by atoms with van der Waals surface area (Å²) in [4.78, 5) is 20.4. The van der Waals surface area contributed by atoms with Crippen molar-refractivity contribution in [2.24, 2.45) is 0 Å². The molecule has 0 saturated heterocycles. The summed E-state index contributed by atoms with van der Waals surface area (Å²) in [6.45, 7) is 0. The van der Waals surface area contributed by atoms with Crippen LogP contribution >= 0.6 is 11.6 Å². The maximum absolute atomic E-state index is 12.3. The molecule has 0 amide bonds. The number of rotatable bonds is 1. The summed E-state index contributed by atoms with van der Waals surface area (Å²) in [6, 6.07) is 8.81. The zero-order valence-electron chi connectivity index (χ0n) is 11.3. The van der Waals surface area contributed by atoms with Crippen molar-refractivity contribution in [3.63, 3.8) is 0 Å². The van der Waals surface area contributed by atoms with Gasteiger partial charge in [-0.15, -0.1) is 0 Å². The molecule has 0 bridgehead atoms. The largest absolute Gasteiger partial charge is 0.383 e. The molecule has 0 saturated carbocycles. The van der Waals surface area contributed by atoms with Crippen molar-refractivity contribution >= 4 is 34.0 Å². The summed E-state index contributed by atoms with van der Waals surface area (Å²) in [7, 11) is 0. The van der Waals surface area contributed by atoms with Crippen LogP contribution in [0.5, 0.6) is 0 Å². The highest BCUT2D eigenvalue weighted by Gasteiger charge is 2.11.